The molecule has 0 radical (unpaired) electrons. The number of fused-ring (bicyclic) bond motifs is 2. The Morgan fingerprint density at radius 3 is 2.65 bits per heavy atom. The Morgan fingerprint density at radius 1 is 1.20 bits per heavy atom. The van der Waals surface area contributed by atoms with Gasteiger partial charge in [0.25, 0.3) is 0 Å². The first-order valence-electron chi connectivity index (χ1n) is 6.97. The quantitative estimate of drug-likeness (QED) is 0.832. The number of rotatable bonds is 2. The number of carbonyl (C=O) groups excluding carboxylic acids is 1. The van der Waals surface area contributed by atoms with Gasteiger partial charge in [-0.3, -0.25) is 4.79 Å². The average Bonchev–Trinajstić information content (AvgIpc) is 2.46. The van der Waals surface area contributed by atoms with E-state index < -0.39 is 0 Å². The summed E-state index contributed by atoms with van der Waals surface area (Å²) in [6.07, 6.45) is 6.79. The lowest BCUT2D eigenvalue weighted by Crippen LogP contribution is -2.35. The Morgan fingerprint density at radius 2 is 1.95 bits per heavy atom. The number of aliphatic imine (C=N–C) groups is 1. The molecule has 0 saturated carbocycles. The summed E-state index contributed by atoms with van der Waals surface area (Å²) in [7, 11) is 0. The molecule has 0 unspecified atom stereocenters. The first-order valence-corrected chi connectivity index (χ1v) is 6.97. The van der Waals surface area contributed by atoms with Crippen molar-refractivity contribution in [2.24, 2.45) is 4.99 Å². The summed E-state index contributed by atoms with van der Waals surface area (Å²) in [5.41, 5.74) is 3.50. The van der Waals surface area contributed by atoms with Gasteiger partial charge in [0, 0.05) is 5.41 Å². The molecule has 1 aliphatic carbocycles. The van der Waals surface area contributed by atoms with Gasteiger partial charge in [-0.1, -0.05) is 13.8 Å². The molecule has 0 spiro atoms. The van der Waals surface area contributed by atoms with Crippen LogP contribution in [0.15, 0.2) is 47.0 Å². The number of phenolic OH excluding ortho intramolecular Hbond substituents is 1. The summed E-state index contributed by atoms with van der Waals surface area (Å²) < 4.78 is 0. The standard InChI is InChI=1S/C17H17NO2/c1-3-17(4-2)13-9-11(19)5-7-15(13)18-16-8-6-12(20)10-14(16)17/h5-10,19H,3-4H2,1-2H3. The van der Waals surface area contributed by atoms with Gasteiger partial charge >= 0.3 is 0 Å². The minimum Gasteiger partial charge on any atom is -0.508 e. The minimum absolute atomic E-state index is 0.00817. The van der Waals surface area contributed by atoms with E-state index in [2.05, 4.69) is 18.8 Å². The molecule has 0 atom stereocenters. The molecule has 0 aromatic heterocycles. The summed E-state index contributed by atoms with van der Waals surface area (Å²) in [6, 6.07) is 5.29. The topological polar surface area (TPSA) is 49.7 Å². The van der Waals surface area contributed by atoms with Crippen molar-refractivity contribution in [2.75, 3.05) is 0 Å². The lowest BCUT2D eigenvalue weighted by molar-refractivity contribution is -0.110. The van der Waals surface area contributed by atoms with E-state index >= 15 is 0 Å². The molecule has 102 valence electrons. The normalized spacial score (nSPS) is 19.0. The van der Waals surface area contributed by atoms with Gasteiger partial charge in [-0.15, -0.1) is 0 Å². The highest BCUT2D eigenvalue weighted by Crippen LogP contribution is 2.49. The van der Waals surface area contributed by atoms with Crippen LogP contribution in [-0.2, 0) is 10.2 Å². The molecule has 0 bridgehead atoms. The molecule has 0 fully saturated rings. The smallest absolute Gasteiger partial charge is 0.179 e. The van der Waals surface area contributed by atoms with Crippen molar-refractivity contribution in [3.63, 3.8) is 0 Å². The molecular formula is C17H17NO2. The highest BCUT2D eigenvalue weighted by molar-refractivity contribution is 6.22. The Balaban J connectivity index is 2.33. The predicted molar refractivity (Wildman–Crippen MR) is 79.7 cm³/mol. The molecule has 1 heterocycles. The Bertz CT molecular complexity index is 676. The van der Waals surface area contributed by atoms with Crippen molar-refractivity contribution in [3.05, 3.63) is 47.6 Å². The van der Waals surface area contributed by atoms with Gasteiger partial charge in [-0.2, -0.15) is 0 Å². The second-order valence-corrected chi connectivity index (χ2v) is 5.28. The Hall–Kier alpha value is -2.16. The number of benzene rings is 1. The molecule has 20 heavy (non-hydrogen) atoms. The number of hydrogen-bond acceptors (Lipinski definition) is 3. The van der Waals surface area contributed by atoms with Crippen LogP contribution in [-0.4, -0.2) is 16.6 Å². The summed E-state index contributed by atoms with van der Waals surface area (Å²) in [6.45, 7) is 4.23. The van der Waals surface area contributed by atoms with Gasteiger partial charge in [0.05, 0.1) is 11.4 Å². The molecule has 1 aromatic rings. The third kappa shape index (κ3) is 1.66. The van der Waals surface area contributed by atoms with Crippen LogP contribution in [0, 0.1) is 0 Å². The molecule has 3 heteroatoms. The first-order chi connectivity index (χ1) is 9.60. The molecule has 0 amide bonds. The van der Waals surface area contributed by atoms with E-state index in [0.717, 1.165) is 35.4 Å². The highest BCUT2D eigenvalue weighted by Gasteiger charge is 2.40. The number of hydrogen-bond donors (Lipinski definition) is 1. The second kappa shape index (κ2) is 4.44. The van der Waals surface area contributed by atoms with Crippen molar-refractivity contribution in [3.8, 4) is 5.75 Å². The van der Waals surface area contributed by atoms with Gasteiger partial charge in [-0.25, -0.2) is 4.99 Å². The van der Waals surface area contributed by atoms with Crippen molar-refractivity contribution in [2.45, 2.75) is 32.1 Å². The van der Waals surface area contributed by atoms with Crippen LogP contribution in [0.25, 0.3) is 0 Å². The highest BCUT2D eigenvalue weighted by atomic mass is 16.3. The van der Waals surface area contributed by atoms with Crippen LogP contribution >= 0.6 is 0 Å². The van der Waals surface area contributed by atoms with Gasteiger partial charge in [0.1, 0.15) is 5.75 Å². The predicted octanol–water partition coefficient (Wildman–Crippen LogP) is 3.60. The van der Waals surface area contributed by atoms with Crippen molar-refractivity contribution >= 4 is 17.2 Å². The summed E-state index contributed by atoms with van der Waals surface area (Å²) >= 11 is 0. The SMILES string of the molecule is CCC1(CC)C2=CC(=O)C=CC2=Nc2ccc(O)cc21. The van der Waals surface area contributed by atoms with Crippen LogP contribution in [0.5, 0.6) is 5.75 Å². The minimum atomic E-state index is -0.244. The number of nitrogens with zero attached hydrogens (tertiary/aromatic N) is 1. The molecule has 3 rings (SSSR count). The van der Waals surface area contributed by atoms with E-state index in [4.69, 9.17) is 0 Å². The third-order valence-corrected chi connectivity index (χ3v) is 4.43. The zero-order valence-corrected chi connectivity index (χ0v) is 11.7. The third-order valence-electron chi connectivity index (χ3n) is 4.43. The average molecular weight is 267 g/mol. The Labute approximate surface area is 118 Å². The van der Waals surface area contributed by atoms with E-state index in [0.29, 0.717) is 0 Å². The molecule has 1 N–H and O–H groups in total. The van der Waals surface area contributed by atoms with Crippen molar-refractivity contribution < 1.29 is 9.90 Å². The van der Waals surface area contributed by atoms with Crippen molar-refractivity contribution in [1.29, 1.82) is 0 Å². The largest absolute Gasteiger partial charge is 0.508 e. The number of carbonyl (C=O) groups is 1. The van der Waals surface area contributed by atoms with Crippen LogP contribution in [0.1, 0.15) is 32.3 Å². The number of allylic oxidation sites excluding steroid dienone is 4. The fraction of sp³-hybridized carbons (Fsp3) is 0.294. The number of aromatic hydroxyl groups is 1. The maximum atomic E-state index is 11.7. The van der Waals surface area contributed by atoms with Gasteiger partial charge < -0.3 is 5.11 Å². The molecule has 2 aliphatic rings. The van der Waals surface area contributed by atoms with Crippen molar-refractivity contribution in [1.82, 2.24) is 0 Å². The van der Waals surface area contributed by atoms with Gasteiger partial charge in [0.15, 0.2) is 5.78 Å². The van der Waals surface area contributed by atoms with E-state index in [1.807, 2.05) is 6.07 Å². The van der Waals surface area contributed by atoms with E-state index in [1.165, 1.54) is 0 Å². The fourth-order valence-corrected chi connectivity index (χ4v) is 3.29. The molecule has 0 saturated heterocycles. The lowest BCUT2D eigenvalue weighted by Gasteiger charge is -2.39. The summed E-state index contributed by atoms with van der Waals surface area (Å²) in [5.74, 6) is 0.251. The zero-order chi connectivity index (χ0) is 14.3. The van der Waals surface area contributed by atoms with Gasteiger partial charge in [-0.05, 0) is 60.4 Å². The summed E-state index contributed by atoms with van der Waals surface area (Å²) in [4.78, 5) is 16.4. The monoisotopic (exact) mass is 267 g/mol. The van der Waals surface area contributed by atoms with Crippen LogP contribution in [0.3, 0.4) is 0 Å². The molecular weight excluding hydrogens is 250 g/mol. The number of phenols is 1. The van der Waals surface area contributed by atoms with Crippen LogP contribution < -0.4 is 0 Å². The lowest BCUT2D eigenvalue weighted by atomic mass is 9.65. The van der Waals surface area contributed by atoms with Crippen LogP contribution in [0.4, 0.5) is 5.69 Å². The van der Waals surface area contributed by atoms with Gasteiger partial charge in [0.2, 0.25) is 0 Å². The second-order valence-electron chi connectivity index (χ2n) is 5.28. The Kier molecular flexibility index (Phi) is 2.85. The summed E-state index contributed by atoms with van der Waals surface area (Å²) in [5, 5.41) is 9.81. The molecule has 1 aromatic carbocycles. The molecule has 3 nitrogen and oxygen atoms in total. The first kappa shape index (κ1) is 12.9. The zero-order valence-electron chi connectivity index (χ0n) is 11.7. The van der Waals surface area contributed by atoms with E-state index in [9.17, 15) is 9.90 Å². The molecule has 1 aliphatic heterocycles. The van der Waals surface area contributed by atoms with E-state index in [-0.39, 0.29) is 16.9 Å². The maximum Gasteiger partial charge on any atom is 0.179 e. The van der Waals surface area contributed by atoms with E-state index in [1.54, 1.807) is 30.4 Å². The maximum absolute atomic E-state index is 11.7. The van der Waals surface area contributed by atoms with Crippen LogP contribution in [0.2, 0.25) is 0 Å². The number of ketones is 1. The fourth-order valence-electron chi connectivity index (χ4n) is 3.29.